The number of primary amides is 1. The van der Waals surface area contributed by atoms with Gasteiger partial charge in [-0.1, -0.05) is 0 Å². The van der Waals surface area contributed by atoms with Gasteiger partial charge < -0.3 is 10.6 Å². The SMILES string of the molecule is NC(=O)N1CCC2(CCOO2)CC1. The number of carbonyl (C=O) groups is 1. The molecular weight excluding hydrogens is 172 g/mol. The molecule has 5 nitrogen and oxygen atoms in total. The highest BCUT2D eigenvalue weighted by molar-refractivity contribution is 5.72. The maximum absolute atomic E-state index is 10.8. The largest absolute Gasteiger partial charge is 0.351 e. The van der Waals surface area contributed by atoms with Crippen molar-refractivity contribution in [1.29, 1.82) is 0 Å². The van der Waals surface area contributed by atoms with E-state index in [4.69, 9.17) is 15.5 Å². The van der Waals surface area contributed by atoms with E-state index < -0.39 is 0 Å². The molecule has 0 aromatic carbocycles. The van der Waals surface area contributed by atoms with Crippen molar-refractivity contribution in [3.63, 3.8) is 0 Å². The minimum atomic E-state index is -0.339. The van der Waals surface area contributed by atoms with Crippen molar-refractivity contribution in [2.24, 2.45) is 5.73 Å². The summed E-state index contributed by atoms with van der Waals surface area (Å²) in [6.45, 7) is 2.02. The third kappa shape index (κ3) is 1.62. The van der Waals surface area contributed by atoms with Gasteiger partial charge in [-0.05, 0) is 12.8 Å². The molecule has 2 aliphatic heterocycles. The molecule has 1 spiro atoms. The van der Waals surface area contributed by atoms with Crippen LogP contribution >= 0.6 is 0 Å². The van der Waals surface area contributed by atoms with Crippen molar-refractivity contribution in [1.82, 2.24) is 4.90 Å². The molecule has 0 aliphatic carbocycles. The van der Waals surface area contributed by atoms with E-state index >= 15 is 0 Å². The van der Waals surface area contributed by atoms with Gasteiger partial charge in [-0.25, -0.2) is 14.6 Å². The maximum atomic E-state index is 10.8. The standard InChI is InChI=1S/C8H14N2O3/c9-7(11)10-4-1-8(2-5-10)3-6-12-13-8/h1-6H2,(H2,9,11). The quantitative estimate of drug-likeness (QED) is 0.551. The van der Waals surface area contributed by atoms with E-state index in [1.54, 1.807) is 4.90 Å². The average molecular weight is 186 g/mol. The Morgan fingerprint density at radius 3 is 2.46 bits per heavy atom. The van der Waals surface area contributed by atoms with Crippen LogP contribution in [0.3, 0.4) is 0 Å². The molecule has 2 rings (SSSR count). The van der Waals surface area contributed by atoms with Gasteiger partial charge in [-0.3, -0.25) is 0 Å². The lowest BCUT2D eigenvalue weighted by molar-refractivity contribution is -0.315. The summed E-state index contributed by atoms with van der Waals surface area (Å²) in [5.74, 6) is 0. The number of carbonyl (C=O) groups excluding carboxylic acids is 1. The Morgan fingerprint density at radius 1 is 1.31 bits per heavy atom. The fraction of sp³-hybridized carbons (Fsp3) is 0.875. The summed E-state index contributed by atoms with van der Waals surface area (Å²) in [6, 6.07) is -0.339. The number of nitrogens with zero attached hydrogens (tertiary/aromatic N) is 1. The Hall–Kier alpha value is -0.810. The molecule has 0 radical (unpaired) electrons. The van der Waals surface area contributed by atoms with Crippen LogP contribution in [0.15, 0.2) is 0 Å². The van der Waals surface area contributed by atoms with Gasteiger partial charge in [0.1, 0.15) is 5.60 Å². The van der Waals surface area contributed by atoms with Crippen molar-refractivity contribution < 1.29 is 14.6 Å². The second-order valence-electron chi connectivity index (χ2n) is 3.66. The Balaban J connectivity index is 1.91. The zero-order valence-electron chi connectivity index (χ0n) is 7.49. The first-order valence-corrected chi connectivity index (χ1v) is 4.57. The van der Waals surface area contributed by atoms with Gasteiger partial charge in [0.2, 0.25) is 0 Å². The lowest BCUT2D eigenvalue weighted by Gasteiger charge is -2.35. The van der Waals surface area contributed by atoms with Crippen LogP contribution in [0.2, 0.25) is 0 Å². The number of piperidine rings is 1. The topological polar surface area (TPSA) is 64.8 Å². The smallest absolute Gasteiger partial charge is 0.314 e. The molecule has 0 aromatic rings. The third-order valence-electron chi connectivity index (χ3n) is 2.86. The third-order valence-corrected chi connectivity index (χ3v) is 2.86. The molecule has 5 heteroatoms. The number of likely N-dealkylation sites (tertiary alicyclic amines) is 1. The number of amides is 2. The molecule has 0 bridgehead atoms. The summed E-state index contributed by atoms with van der Waals surface area (Å²) >= 11 is 0. The molecule has 0 aromatic heterocycles. The van der Waals surface area contributed by atoms with E-state index in [-0.39, 0.29) is 11.6 Å². The first-order valence-electron chi connectivity index (χ1n) is 4.57. The van der Waals surface area contributed by atoms with Crippen LogP contribution < -0.4 is 5.73 Å². The molecule has 2 saturated heterocycles. The van der Waals surface area contributed by atoms with E-state index in [2.05, 4.69) is 0 Å². The van der Waals surface area contributed by atoms with Crippen LogP contribution in [0.1, 0.15) is 19.3 Å². The van der Waals surface area contributed by atoms with Crippen molar-refractivity contribution in [3.05, 3.63) is 0 Å². The monoisotopic (exact) mass is 186 g/mol. The first-order chi connectivity index (χ1) is 6.22. The summed E-state index contributed by atoms with van der Waals surface area (Å²) < 4.78 is 0. The number of hydrogen-bond acceptors (Lipinski definition) is 3. The summed E-state index contributed by atoms with van der Waals surface area (Å²) in [6.07, 6.45) is 2.59. The van der Waals surface area contributed by atoms with E-state index in [0.29, 0.717) is 19.7 Å². The number of hydrogen-bond donors (Lipinski definition) is 1. The average Bonchev–Trinajstić information content (AvgIpc) is 2.54. The Kier molecular flexibility index (Phi) is 2.13. The minimum absolute atomic E-state index is 0.133. The number of nitrogens with two attached hydrogens (primary N) is 1. The Bertz CT molecular complexity index is 203. The molecule has 13 heavy (non-hydrogen) atoms. The molecule has 0 atom stereocenters. The fourth-order valence-electron chi connectivity index (χ4n) is 1.90. The normalized spacial score (nSPS) is 26.6. The summed E-state index contributed by atoms with van der Waals surface area (Å²) in [5, 5.41) is 0. The van der Waals surface area contributed by atoms with E-state index in [0.717, 1.165) is 19.3 Å². The van der Waals surface area contributed by atoms with Crippen molar-refractivity contribution >= 4 is 6.03 Å². The molecule has 0 unspecified atom stereocenters. The molecule has 74 valence electrons. The van der Waals surface area contributed by atoms with Gasteiger partial charge in [-0.2, -0.15) is 0 Å². The van der Waals surface area contributed by atoms with Gasteiger partial charge in [0.05, 0.1) is 6.61 Å². The first kappa shape index (κ1) is 8.77. The van der Waals surface area contributed by atoms with Crippen LogP contribution in [0.25, 0.3) is 0 Å². The summed E-state index contributed by atoms with van der Waals surface area (Å²) in [5.41, 5.74) is 5.04. The van der Waals surface area contributed by atoms with Gasteiger partial charge in [0.25, 0.3) is 0 Å². The highest BCUT2D eigenvalue weighted by atomic mass is 17.2. The zero-order valence-corrected chi connectivity index (χ0v) is 7.49. The second kappa shape index (κ2) is 3.16. The van der Waals surface area contributed by atoms with Crippen molar-refractivity contribution in [2.45, 2.75) is 24.9 Å². The van der Waals surface area contributed by atoms with Crippen LogP contribution in [-0.2, 0) is 9.78 Å². The Labute approximate surface area is 76.7 Å². The molecule has 2 heterocycles. The molecule has 2 fully saturated rings. The van der Waals surface area contributed by atoms with Crippen LogP contribution in [-0.4, -0.2) is 36.2 Å². The van der Waals surface area contributed by atoms with Gasteiger partial charge in [0, 0.05) is 19.5 Å². The minimum Gasteiger partial charge on any atom is -0.351 e. The predicted molar refractivity (Wildman–Crippen MR) is 44.8 cm³/mol. The van der Waals surface area contributed by atoms with E-state index in [1.165, 1.54) is 0 Å². The summed E-state index contributed by atoms with van der Waals surface area (Å²) in [4.78, 5) is 22.6. The second-order valence-corrected chi connectivity index (χ2v) is 3.66. The molecular formula is C8H14N2O3. The van der Waals surface area contributed by atoms with Gasteiger partial charge in [0.15, 0.2) is 0 Å². The van der Waals surface area contributed by atoms with Crippen molar-refractivity contribution in [3.8, 4) is 0 Å². The highest BCUT2D eigenvalue weighted by Crippen LogP contribution is 2.33. The van der Waals surface area contributed by atoms with Crippen LogP contribution in [0.5, 0.6) is 0 Å². The summed E-state index contributed by atoms with van der Waals surface area (Å²) in [7, 11) is 0. The van der Waals surface area contributed by atoms with E-state index in [1.807, 2.05) is 0 Å². The zero-order chi connectivity index (χ0) is 9.31. The lowest BCUT2D eigenvalue weighted by Crippen LogP contribution is -2.48. The molecule has 2 aliphatic rings. The van der Waals surface area contributed by atoms with E-state index in [9.17, 15) is 4.79 Å². The van der Waals surface area contributed by atoms with Crippen LogP contribution in [0.4, 0.5) is 4.79 Å². The van der Waals surface area contributed by atoms with Gasteiger partial charge in [-0.15, -0.1) is 0 Å². The fourth-order valence-corrected chi connectivity index (χ4v) is 1.90. The van der Waals surface area contributed by atoms with Crippen LogP contribution in [0, 0.1) is 0 Å². The number of rotatable bonds is 0. The predicted octanol–water partition coefficient (Wildman–Crippen LogP) is 0.252. The molecule has 0 saturated carbocycles. The maximum Gasteiger partial charge on any atom is 0.314 e. The number of urea groups is 1. The van der Waals surface area contributed by atoms with Crippen molar-refractivity contribution in [2.75, 3.05) is 19.7 Å². The molecule has 2 N–H and O–H groups in total. The molecule has 2 amide bonds. The Morgan fingerprint density at radius 2 is 2.00 bits per heavy atom. The van der Waals surface area contributed by atoms with Gasteiger partial charge >= 0.3 is 6.03 Å². The lowest BCUT2D eigenvalue weighted by atomic mass is 9.89. The highest BCUT2D eigenvalue weighted by Gasteiger charge is 2.40.